The number of nitrogens with two attached hydrogens (primary N) is 1. The van der Waals surface area contributed by atoms with Gasteiger partial charge in [0.2, 0.25) is 0 Å². The molecule has 2 N–H and O–H groups in total. The maximum Gasteiger partial charge on any atom is 0.157 e. The topological polar surface area (TPSA) is 43.3 Å². The van der Waals surface area contributed by atoms with Crippen LogP contribution in [0.15, 0.2) is 41.0 Å². The van der Waals surface area contributed by atoms with Gasteiger partial charge in [-0.2, -0.15) is 0 Å². The highest BCUT2D eigenvalue weighted by atomic mass is 79.9. The third kappa shape index (κ3) is 2.10. The van der Waals surface area contributed by atoms with Gasteiger partial charge in [-0.25, -0.2) is 4.98 Å². The molecule has 0 atom stereocenters. The molecule has 0 spiro atoms. The molecule has 96 valence electrons. The average molecular weight is 357 g/mol. The van der Waals surface area contributed by atoms with Gasteiger partial charge in [0.15, 0.2) is 5.65 Å². The highest BCUT2D eigenvalue weighted by Gasteiger charge is 2.15. The van der Waals surface area contributed by atoms with E-state index < -0.39 is 0 Å². The molecule has 0 aliphatic rings. The van der Waals surface area contributed by atoms with Crippen LogP contribution in [0.25, 0.3) is 16.9 Å². The first-order valence-electron chi connectivity index (χ1n) is 5.45. The lowest BCUT2D eigenvalue weighted by molar-refractivity contribution is 1.20. The van der Waals surface area contributed by atoms with Gasteiger partial charge in [0, 0.05) is 16.2 Å². The smallest absolute Gasteiger partial charge is 0.157 e. The lowest BCUT2D eigenvalue weighted by Gasteiger charge is -2.02. The molecule has 0 bridgehead atoms. The maximum atomic E-state index is 6.24. The maximum absolute atomic E-state index is 6.24. The molecule has 0 amide bonds. The third-order valence-electron chi connectivity index (χ3n) is 2.83. The first-order valence-corrected chi connectivity index (χ1v) is 7.00. The van der Waals surface area contributed by atoms with Gasteiger partial charge >= 0.3 is 0 Å². The average Bonchev–Trinajstić information content (AvgIpc) is 2.69. The summed E-state index contributed by atoms with van der Waals surface area (Å²) in [6.45, 7) is 0. The molecule has 0 saturated carbocycles. The van der Waals surface area contributed by atoms with Crippen LogP contribution in [0.3, 0.4) is 0 Å². The summed E-state index contributed by atoms with van der Waals surface area (Å²) < 4.78 is 2.65. The summed E-state index contributed by atoms with van der Waals surface area (Å²) in [7, 11) is 0. The number of pyridine rings is 1. The zero-order valence-corrected chi connectivity index (χ0v) is 12.7. The molecule has 3 aromatic rings. The zero-order valence-electron chi connectivity index (χ0n) is 9.57. The Bertz CT molecular complexity index is 783. The van der Waals surface area contributed by atoms with Crippen molar-refractivity contribution >= 4 is 50.6 Å². The number of aromatic nitrogens is 2. The molecule has 3 nitrogen and oxygen atoms in total. The van der Waals surface area contributed by atoms with Crippen LogP contribution in [0.1, 0.15) is 0 Å². The molecule has 0 radical (unpaired) electrons. The van der Waals surface area contributed by atoms with Gasteiger partial charge in [-0.1, -0.05) is 45.2 Å². The second-order valence-corrected chi connectivity index (χ2v) is 5.75. The van der Waals surface area contributed by atoms with Crippen molar-refractivity contribution in [2.45, 2.75) is 0 Å². The third-order valence-corrected chi connectivity index (χ3v) is 3.93. The molecular formula is C13H8BrCl2N3. The van der Waals surface area contributed by atoms with Crippen molar-refractivity contribution in [1.82, 2.24) is 9.38 Å². The van der Waals surface area contributed by atoms with Crippen molar-refractivity contribution in [3.63, 3.8) is 0 Å². The van der Waals surface area contributed by atoms with Crippen molar-refractivity contribution in [3.8, 4) is 11.3 Å². The quantitative estimate of drug-likeness (QED) is 0.689. The summed E-state index contributed by atoms with van der Waals surface area (Å²) in [6, 6.07) is 9.17. The Hall–Kier alpha value is -1.23. The van der Waals surface area contributed by atoms with E-state index in [9.17, 15) is 0 Å². The van der Waals surface area contributed by atoms with Crippen LogP contribution in [0.4, 0.5) is 5.82 Å². The largest absolute Gasteiger partial charge is 0.383 e. The minimum atomic E-state index is 0.515. The number of nitrogens with zero attached hydrogens (tertiary/aromatic N) is 2. The SMILES string of the molecule is Nc1c(-c2ccc(Br)cc2Cl)nc2c(Cl)cccn12. The van der Waals surface area contributed by atoms with Crippen molar-refractivity contribution < 1.29 is 0 Å². The van der Waals surface area contributed by atoms with Crippen LogP contribution in [-0.2, 0) is 0 Å². The first kappa shape index (κ1) is 12.8. The summed E-state index contributed by atoms with van der Waals surface area (Å²) in [5.41, 5.74) is 8.15. The fourth-order valence-electron chi connectivity index (χ4n) is 1.93. The van der Waals surface area contributed by atoms with Crippen LogP contribution >= 0.6 is 39.1 Å². The molecular weight excluding hydrogens is 349 g/mol. The fourth-order valence-corrected chi connectivity index (χ4v) is 2.90. The van der Waals surface area contributed by atoms with E-state index >= 15 is 0 Å². The van der Waals surface area contributed by atoms with Gasteiger partial charge in [-0.05, 0) is 24.3 Å². The van der Waals surface area contributed by atoms with Gasteiger partial charge in [0.05, 0.1) is 10.0 Å². The number of hydrogen-bond donors (Lipinski definition) is 1. The summed E-state index contributed by atoms with van der Waals surface area (Å²) in [4.78, 5) is 4.48. The lowest BCUT2D eigenvalue weighted by atomic mass is 10.1. The van der Waals surface area contributed by atoms with E-state index in [2.05, 4.69) is 20.9 Å². The Balaban J connectivity index is 2.31. The molecule has 0 fully saturated rings. The number of imidazole rings is 1. The summed E-state index contributed by atoms with van der Waals surface area (Å²) >= 11 is 15.7. The van der Waals surface area contributed by atoms with E-state index in [0.29, 0.717) is 27.2 Å². The van der Waals surface area contributed by atoms with Gasteiger partial charge in [-0.15, -0.1) is 0 Å². The summed E-state index contributed by atoms with van der Waals surface area (Å²) in [5.74, 6) is 0.515. The number of halogens is 3. The van der Waals surface area contributed by atoms with Crippen LogP contribution in [0.5, 0.6) is 0 Å². The first-order chi connectivity index (χ1) is 9.08. The van der Waals surface area contributed by atoms with E-state index in [-0.39, 0.29) is 0 Å². The number of fused-ring (bicyclic) bond motifs is 1. The number of benzene rings is 1. The second-order valence-electron chi connectivity index (χ2n) is 4.02. The Morgan fingerprint density at radius 2 is 1.95 bits per heavy atom. The Morgan fingerprint density at radius 1 is 1.16 bits per heavy atom. The van der Waals surface area contributed by atoms with Crippen molar-refractivity contribution in [2.24, 2.45) is 0 Å². The number of anilines is 1. The highest BCUT2D eigenvalue weighted by molar-refractivity contribution is 9.10. The van der Waals surface area contributed by atoms with Crippen LogP contribution in [-0.4, -0.2) is 9.38 Å². The molecule has 0 aliphatic heterocycles. The molecule has 1 aromatic carbocycles. The van der Waals surface area contributed by atoms with Crippen LogP contribution in [0.2, 0.25) is 10.0 Å². The normalized spacial score (nSPS) is 11.1. The number of rotatable bonds is 1. The van der Waals surface area contributed by atoms with Crippen molar-refractivity contribution in [2.75, 3.05) is 5.73 Å². The fraction of sp³-hybridized carbons (Fsp3) is 0. The van der Waals surface area contributed by atoms with Crippen molar-refractivity contribution in [3.05, 3.63) is 51.0 Å². The molecule has 2 heterocycles. The van der Waals surface area contributed by atoms with E-state index in [4.69, 9.17) is 28.9 Å². The second kappa shape index (κ2) is 4.71. The van der Waals surface area contributed by atoms with E-state index in [1.807, 2.05) is 30.5 Å². The standard InChI is InChI=1S/C13H8BrCl2N3/c14-7-3-4-8(10(16)6-7)11-12(17)19-5-1-2-9(15)13(19)18-11/h1-6H,17H2. The lowest BCUT2D eigenvalue weighted by Crippen LogP contribution is -1.94. The summed E-state index contributed by atoms with van der Waals surface area (Å²) in [5, 5.41) is 1.13. The Kier molecular flexibility index (Phi) is 3.17. The summed E-state index contributed by atoms with van der Waals surface area (Å²) in [6.07, 6.45) is 1.82. The minimum Gasteiger partial charge on any atom is -0.383 e. The van der Waals surface area contributed by atoms with Gasteiger partial charge in [-0.3, -0.25) is 4.40 Å². The van der Waals surface area contributed by atoms with Crippen molar-refractivity contribution in [1.29, 1.82) is 0 Å². The van der Waals surface area contributed by atoms with Crippen LogP contribution < -0.4 is 5.73 Å². The Morgan fingerprint density at radius 3 is 2.63 bits per heavy atom. The molecule has 0 unspecified atom stereocenters. The van der Waals surface area contributed by atoms with Crippen LogP contribution in [0, 0.1) is 0 Å². The molecule has 6 heteroatoms. The zero-order chi connectivity index (χ0) is 13.6. The number of nitrogen functional groups attached to an aromatic ring is 1. The van der Waals surface area contributed by atoms with Gasteiger partial charge in [0.25, 0.3) is 0 Å². The molecule has 0 aliphatic carbocycles. The monoisotopic (exact) mass is 355 g/mol. The predicted molar refractivity (Wildman–Crippen MR) is 82.8 cm³/mol. The minimum absolute atomic E-state index is 0.515. The molecule has 3 rings (SSSR count). The molecule has 0 saturated heterocycles. The van der Waals surface area contributed by atoms with Gasteiger partial charge < -0.3 is 5.73 Å². The Labute approximate surface area is 128 Å². The van der Waals surface area contributed by atoms with E-state index in [0.717, 1.165) is 10.0 Å². The van der Waals surface area contributed by atoms with E-state index in [1.165, 1.54) is 0 Å². The van der Waals surface area contributed by atoms with Gasteiger partial charge in [0.1, 0.15) is 11.5 Å². The highest BCUT2D eigenvalue weighted by Crippen LogP contribution is 2.34. The molecule has 19 heavy (non-hydrogen) atoms. The predicted octanol–water partition coefficient (Wildman–Crippen LogP) is 4.65. The van der Waals surface area contributed by atoms with E-state index in [1.54, 1.807) is 10.5 Å². The number of hydrogen-bond acceptors (Lipinski definition) is 2. The molecule has 2 aromatic heterocycles.